The number of alkyl halides is 3. The number of rotatable bonds is 8. The van der Waals surface area contributed by atoms with Gasteiger partial charge in [0.05, 0.1) is 11.8 Å². The van der Waals surface area contributed by atoms with Crippen molar-refractivity contribution >= 4 is 11.8 Å². The van der Waals surface area contributed by atoms with Crippen molar-refractivity contribution in [1.82, 2.24) is 15.6 Å². The Labute approximate surface area is 149 Å². The second-order valence-corrected chi connectivity index (χ2v) is 5.34. The molecule has 0 aliphatic carbocycles. The number of pyridine rings is 1. The number of hydrogen-bond donors (Lipinski definition) is 3. The molecule has 0 bridgehead atoms. The number of aliphatic imine (C=N–C) groups is 1. The zero-order valence-electron chi connectivity index (χ0n) is 14.4. The van der Waals surface area contributed by atoms with Gasteiger partial charge in [0.2, 0.25) is 0 Å². The maximum Gasteiger partial charge on any atom is 0.419 e. The molecule has 0 amide bonds. The fraction of sp³-hybridized carbons (Fsp3) is 0.412. The molecule has 142 valence electrons. The summed E-state index contributed by atoms with van der Waals surface area (Å²) in [6, 6.07) is 5.97. The molecule has 2 heterocycles. The summed E-state index contributed by atoms with van der Waals surface area (Å²) in [6.07, 6.45) is -0.830. The monoisotopic (exact) mass is 369 g/mol. The number of anilines is 1. The summed E-state index contributed by atoms with van der Waals surface area (Å²) in [7, 11) is 0. The Morgan fingerprint density at radius 3 is 2.73 bits per heavy atom. The van der Waals surface area contributed by atoms with Crippen molar-refractivity contribution in [1.29, 1.82) is 0 Å². The highest BCUT2D eigenvalue weighted by Gasteiger charge is 2.33. The van der Waals surface area contributed by atoms with Crippen molar-refractivity contribution in [2.45, 2.75) is 19.5 Å². The van der Waals surface area contributed by atoms with Crippen molar-refractivity contribution in [3.05, 3.63) is 48.0 Å². The van der Waals surface area contributed by atoms with Crippen molar-refractivity contribution in [3.63, 3.8) is 0 Å². The fourth-order valence-electron chi connectivity index (χ4n) is 2.21. The summed E-state index contributed by atoms with van der Waals surface area (Å²) in [5, 5.41) is 8.85. The van der Waals surface area contributed by atoms with Crippen LogP contribution in [0.25, 0.3) is 0 Å². The van der Waals surface area contributed by atoms with E-state index in [-0.39, 0.29) is 12.4 Å². The fourth-order valence-corrected chi connectivity index (χ4v) is 2.21. The third-order valence-electron chi connectivity index (χ3n) is 3.38. The Morgan fingerprint density at radius 2 is 2.04 bits per heavy atom. The van der Waals surface area contributed by atoms with Crippen LogP contribution in [0.1, 0.15) is 18.2 Å². The quantitative estimate of drug-likeness (QED) is 0.379. The van der Waals surface area contributed by atoms with E-state index in [2.05, 4.69) is 25.9 Å². The van der Waals surface area contributed by atoms with Crippen molar-refractivity contribution in [2.75, 3.05) is 31.5 Å². The van der Waals surface area contributed by atoms with E-state index in [1.165, 1.54) is 12.3 Å². The molecule has 0 saturated carbocycles. The lowest BCUT2D eigenvalue weighted by Gasteiger charge is -2.14. The lowest BCUT2D eigenvalue weighted by molar-refractivity contribution is -0.137. The van der Waals surface area contributed by atoms with E-state index in [9.17, 15) is 13.2 Å². The molecule has 0 aliphatic heterocycles. The lowest BCUT2D eigenvalue weighted by atomic mass is 10.2. The normalized spacial score (nSPS) is 12.1. The third-order valence-corrected chi connectivity index (χ3v) is 3.38. The first kappa shape index (κ1) is 19.6. The molecule has 9 heteroatoms. The van der Waals surface area contributed by atoms with E-state index in [1.54, 1.807) is 6.26 Å². The molecule has 26 heavy (non-hydrogen) atoms. The van der Waals surface area contributed by atoms with Crippen LogP contribution in [-0.4, -0.2) is 37.1 Å². The maximum atomic E-state index is 12.9. The number of halogens is 3. The van der Waals surface area contributed by atoms with Crippen molar-refractivity contribution in [2.24, 2.45) is 4.99 Å². The van der Waals surface area contributed by atoms with Gasteiger partial charge in [-0.15, -0.1) is 0 Å². The van der Waals surface area contributed by atoms with E-state index in [1.807, 2.05) is 19.1 Å². The minimum atomic E-state index is -4.44. The topological polar surface area (TPSA) is 74.5 Å². The third kappa shape index (κ3) is 6.30. The van der Waals surface area contributed by atoms with Crippen molar-refractivity contribution in [3.8, 4) is 0 Å². The Balaban J connectivity index is 1.81. The molecule has 0 atom stereocenters. The second kappa shape index (κ2) is 9.69. The molecule has 0 fully saturated rings. The van der Waals surface area contributed by atoms with Gasteiger partial charge in [-0.3, -0.25) is 4.99 Å². The lowest BCUT2D eigenvalue weighted by Crippen LogP contribution is -2.39. The zero-order chi connectivity index (χ0) is 18.8. The molecule has 2 rings (SSSR count). The number of nitrogens with one attached hydrogen (secondary N) is 3. The molecular weight excluding hydrogens is 347 g/mol. The average molecular weight is 369 g/mol. The van der Waals surface area contributed by atoms with Gasteiger partial charge in [-0.2, -0.15) is 13.2 Å². The molecule has 6 nitrogen and oxygen atoms in total. The smallest absolute Gasteiger partial charge is 0.419 e. The van der Waals surface area contributed by atoms with Gasteiger partial charge in [-0.1, -0.05) is 0 Å². The summed E-state index contributed by atoms with van der Waals surface area (Å²) >= 11 is 0. The molecule has 0 unspecified atom stereocenters. The molecule has 2 aromatic heterocycles. The Hall–Kier alpha value is -2.71. The van der Waals surface area contributed by atoms with E-state index < -0.39 is 11.7 Å². The van der Waals surface area contributed by atoms with Gasteiger partial charge in [-0.05, 0) is 31.2 Å². The predicted molar refractivity (Wildman–Crippen MR) is 94.1 cm³/mol. The van der Waals surface area contributed by atoms with Gasteiger partial charge in [0.1, 0.15) is 11.6 Å². The average Bonchev–Trinajstić information content (AvgIpc) is 3.11. The van der Waals surface area contributed by atoms with E-state index in [0.717, 1.165) is 11.8 Å². The maximum absolute atomic E-state index is 12.9. The Kier molecular flexibility index (Phi) is 7.31. The predicted octanol–water partition coefficient (Wildman–Crippen LogP) is 2.90. The van der Waals surface area contributed by atoms with Gasteiger partial charge in [0.15, 0.2) is 5.96 Å². The van der Waals surface area contributed by atoms with Crippen LogP contribution in [0.5, 0.6) is 0 Å². The Bertz CT molecular complexity index is 686. The minimum absolute atomic E-state index is 0.179. The molecule has 0 aliphatic rings. The number of guanidine groups is 1. The minimum Gasteiger partial charge on any atom is -0.469 e. The molecule has 2 aromatic rings. The molecule has 0 spiro atoms. The summed E-state index contributed by atoms with van der Waals surface area (Å²) < 4.78 is 44.0. The zero-order valence-corrected chi connectivity index (χ0v) is 14.4. The highest BCUT2D eigenvalue weighted by molar-refractivity contribution is 5.79. The van der Waals surface area contributed by atoms with Gasteiger partial charge in [0.25, 0.3) is 0 Å². The van der Waals surface area contributed by atoms with Crippen molar-refractivity contribution < 1.29 is 17.6 Å². The van der Waals surface area contributed by atoms with Crippen LogP contribution in [0.2, 0.25) is 0 Å². The second-order valence-electron chi connectivity index (χ2n) is 5.34. The number of nitrogens with zero attached hydrogens (tertiary/aromatic N) is 2. The van der Waals surface area contributed by atoms with Crippen LogP contribution in [0.15, 0.2) is 46.1 Å². The summed E-state index contributed by atoms with van der Waals surface area (Å²) in [4.78, 5) is 8.16. The summed E-state index contributed by atoms with van der Waals surface area (Å²) in [5.41, 5.74) is -0.779. The van der Waals surface area contributed by atoms with Crippen LogP contribution < -0.4 is 16.0 Å². The molecule has 0 saturated heterocycles. The first-order chi connectivity index (χ1) is 12.5. The molecular formula is C17H22F3N5O. The van der Waals surface area contributed by atoms with E-state index in [4.69, 9.17) is 4.42 Å². The van der Waals surface area contributed by atoms with Crippen LogP contribution >= 0.6 is 0 Å². The summed E-state index contributed by atoms with van der Waals surface area (Å²) in [5.74, 6) is 1.26. The van der Waals surface area contributed by atoms with Crippen LogP contribution in [-0.2, 0) is 12.6 Å². The standard InChI is InChI=1S/C17H22F3N5O/c1-2-21-16(24-9-7-13-5-4-12-26-13)25-11-10-23-15-14(17(18,19)20)6-3-8-22-15/h3-6,8,12H,2,7,9-11H2,1H3,(H,22,23)(H2,21,24,25). The first-order valence-electron chi connectivity index (χ1n) is 8.31. The molecule has 3 N–H and O–H groups in total. The van der Waals surface area contributed by atoms with Gasteiger partial charge in [-0.25, -0.2) is 4.98 Å². The summed E-state index contributed by atoms with van der Waals surface area (Å²) in [6.45, 7) is 3.81. The number of furan rings is 1. The number of hydrogen-bond acceptors (Lipinski definition) is 4. The molecule has 0 aromatic carbocycles. The SMILES string of the molecule is CCNC(=NCCc1ccco1)NCCNc1ncccc1C(F)(F)F. The number of aromatic nitrogens is 1. The van der Waals surface area contributed by atoms with Crippen LogP contribution in [0.3, 0.4) is 0 Å². The van der Waals surface area contributed by atoms with Crippen LogP contribution in [0.4, 0.5) is 19.0 Å². The Morgan fingerprint density at radius 1 is 1.19 bits per heavy atom. The van der Waals surface area contributed by atoms with Gasteiger partial charge >= 0.3 is 6.18 Å². The highest BCUT2D eigenvalue weighted by Crippen LogP contribution is 2.33. The highest BCUT2D eigenvalue weighted by atomic mass is 19.4. The first-order valence-corrected chi connectivity index (χ1v) is 8.31. The largest absolute Gasteiger partial charge is 0.469 e. The van der Waals surface area contributed by atoms with Gasteiger partial charge < -0.3 is 20.4 Å². The van der Waals surface area contributed by atoms with Gasteiger partial charge in [0, 0.05) is 38.8 Å². The van der Waals surface area contributed by atoms with E-state index in [0.29, 0.717) is 32.0 Å². The molecule has 0 radical (unpaired) electrons. The van der Waals surface area contributed by atoms with E-state index >= 15 is 0 Å². The van der Waals surface area contributed by atoms with Crippen LogP contribution in [0, 0.1) is 0 Å².